The minimum Gasteiger partial charge on any atom is -0.726 e. The Labute approximate surface area is 294 Å². The molecule has 49 heavy (non-hydrogen) atoms. The molecule has 2 atom stereocenters. The molecular formula is C26H27N7O11S5. The Balaban J connectivity index is 0.00000101. The van der Waals surface area contributed by atoms with Crippen molar-refractivity contribution < 1.29 is 56.3 Å². The second-order valence-corrected chi connectivity index (χ2v) is 14.7. The lowest BCUT2D eigenvalue weighted by Gasteiger charge is -2.49. The van der Waals surface area contributed by atoms with Crippen LogP contribution in [0, 0.1) is 0 Å². The summed E-state index contributed by atoms with van der Waals surface area (Å²) in [6, 6.07) is 2.73. The van der Waals surface area contributed by atoms with Crippen LogP contribution in [0.25, 0.3) is 11.3 Å². The van der Waals surface area contributed by atoms with Crippen molar-refractivity contribution in [1.82, 2.24) is 20.2 Å². The van der Waals surface area contributed by atoms with Gasteiger partial charge in [0, 0.05) is 41.2 Å². The first kappa shape index (κ1) is 37.8. The van der Waals surface area contributed by atoms with Crippen LogP contribution in [-0.2, 0) is 41.0 Å². The monoisotopic (exact) mass is 773 g/mol. The summed E-state index contributed by atoms with van der Waals surface area (Å²) in [6.07, 6.45) is 3.75. The maximum atomic E-state index is 13.2. The molecule has 0 radical (unpaired) electrons. The minimum absolute atomic E-state index is 0.0535. The number of pyridine rings is 1. The van der Waals surface area contributed by atoms with Gasteiger partial charge in [0.15, 0.2) is 34.1 Å². The summed E-state index contributed by atoms with van der Waals surface area (Å²) in [5.41, 5.74) is 7.65. The minimum atomic E-state index is -4.92. The third-order valence-corrected chi connectivity index (χ3v) is 10.6. The van der Waals surface area contributed by atoms with E-state index in [9.17, 15) is 24.3 Å². The van der Waals surface area contributed by atoms with Crippen LogP contribution in [-0.4, -0.2) is 109 Å². The average Bonchev–Trinajstić information content (AvgIpc) is 3.69. The van der Waals surface area contributed by atoms with E-state index in [1.165, 1.54) is 52.3 Å². The lowest BCUT2D eigenvalue weighted by molar-refractivity contribution is -0.688. The van der Waals surface area contributed by atoms with Crippen LogP contribution in [0.3, 0.4) is 0 Å². The summed E-state index contributed by atoms with van der Waals surface area (Å²) in [5.74, 6) is -1.99. The molecule has 2 amide bonds. The number of nitrogen functional groups attached to an aromatic ring is 1. The topological polar surface area (TPSA) is 279 Å². The van der Waals surface area contributed by atoms with E-state index in [-0.39, 0.29) is 53.3 Å². The number of oxime groups is 1. The third kappa shape index (κ3) is 10.0. The number of carboxylic acids is 1. The van der Waals surface area contributed by atoms with Crippen molar-refractivity contribution in [3.63, 3.8) is 0 Å². The van der Waals surface area contributed by atoms with Gasteiger partial charge >= 0.3 is 5.97 Å². The number of aliphatic carboxylic acids is 1. The number of aromatic nitrogens is 3. The van der Waals surface area contributed by atoms with Crippen molar-refractivity contribution in [2.45, 2.75) is 28.7 Å². The number of thiazole rings is 2. The molecule has 0 bridgehead atoms. The van der Waals surface area contributed by atoms with E-state index in [4.69, 9.17) is 33.2 Å². The SMILES string of the molecule is CO/N=C(\C(=O)NC1C(=O)N2C(C(=O)O)=C(C[n+]3cccc(-c4csc(SCC(=O)CCO)n4)c3)CSC12)c1csc(N)n1.O=S(=O)([O-])O. The molecule has 18 nitrogen and oxygen atoms in total. The van der Waals surface area contributed by atoms with Gasteiger partial charge in [-0.2, -0.15) is 0 Å². The molecule has 3 aromatic heterocycles. The number of nitrogens with two attached hydrogens (primary N) is 1. The predicted octanol–water partition coefficient (Wildman–Crippen LogP) is -0.0262. The third-order valence-electron chi connectivity index (χ3n) is 6.46. The van der Waals surface area contributed by atoms with Gasteiger partial charge in [-0.1, -0.05) is 16.9 Å². The number of anilines is 1. The highest BCUT2D eigenvalue weighted by Gasteiger charge is 2.54. The first-order valence-electron chi connectivity index (χ1n) is 13.6. The summed E-state index contributed by atoms with van der Waals surface area (Å²) in [5, 5.41) is 28.4. The van der Waals surface area contributed by atoms with Crippen LogP contribution in [0.15, 0.2) is 56.1 Å². The van der Waals surface area contributed by atoms with E-state index in [2.05, 4.69) is 20.4 Å². The van der Waals surface area contributed by atoms with Crippen molar-refractivity contribution in [2.24, 2.45) is 5.16 Å². The van der Waals surface area contributed by atoms with Crippen LogP contribution in [0.5, 0.6) is 0 Å². The molecule has 6 N–H and O–H groups in total. The number of ketones is 1. The quantitative estimate of drug-likeness (QED) is 0.0290. The van der Waals surface area contributed by atoms with E-state index in [0.29, 0.717) is 17.0 Å². The van der Waals surface area contributed by atoms with Gasteiger partial charge in [0.25, 0.3) is 11.8 Å². The van der Waals surface area contributed by atoms with Crippen molar-refractivity contribution in [3.05, 3.63) is 52.3 Å². The van der Waals surface area contributed by atoms with Gasteiger partial charge in [0.05, 0.1) is 17.0 Å². The van der Waals surface area contributed by atoms with Crippen LogP contribution < -0.4 is 15.6 Å². The van der Waals surface area contributed by atoms with Crippen LogP contribution in [0.1, 0.15) is 12.1 Å². The zero-order valence-corrected chi connectivity index (χ0v) is 29.2. The first-order chi connectivity index (χ1) is 23.2. The number of rotatable bonds is 13. The molecule has 0 spiro atoms. The molecule has 1 fully saturated rings. The molecule has 5 heterocycles. The number of nitrogens with one attached hydrogen (secondary N) is 1. The van der Waals surface area contributed by atoms with E-state index in [1.807, 2.05) is 28.3 Å². The highest BCUT2D eigenvalue weighted by atomic mass is 32.3. The average molecular weight is 774 g/mol. The number of fused-ring (bicyclic) bond motifs is 1. The normalized spacial score (nSPS) is 17.4. The Kier molecular flexibility index (Phi) is 12.8. The van der Waals surface area contributed by atoms with E-state index < -0.39 is 39.6 Å². The number of aliphatic hydroxyl groups excluding tert-OH is 1. The number of amides is 2. The van der Waals surface area contributed by atoms with Crippen LogP contribution in [0.4, 0.5) is 5.13 Å². The molecule has 23 heteroatoms. The number of nitrogens with zero attached hydrogens (tertiary/aromatic N) is 5. The number of Topliss-reactive ketones (excluding diaryl/α,β-unsaturated/α-hetero) is 1. The maximum Gasteiger partial charge on any atom is 0.352 e. The molecule has 2 aliphatic rings. The molecule has 5 rings (SSSR count). The fraction of sp³-hybridized carbons (Fsp3) is 0.308. The number of carbonyl (C=O) groups excluding carboxylic acids is 3. The van der Waals surface area contributed by atoms with Gasteiger partial charge in [0.2, 0.25) is 10.4 Å². The largest absolute Gasteiger partial charge is 0.726 e. The molecular weight excluding hydrogens is 747 g/mol. The highest BCUT2D eigenvalue weighted by Crippen LogP contribution is 2.40. The molecule has 2 unspecified atom stereocenters. The van der Waals surface area contributed by atoms with Gasteiger partial charge in [-0.05, 0) is 6.07 Å². The van der Waals surface area contributed by atoms with Crippen molar-refractivity contribution >= 4 is 91.0 Å². The zero-order chi connectivity index (χ0) is 35.9. The second-order valence-electron chi connectivity index (χ2n) is 9.80. The van der Waals surface area contributed by atoms with Gasteiger partial charge in [-0.3, -0.25) is 23.8 Å². The number of hydrogen-bond donors (Lipinski definition) is 5. The standard InChI is InChI=1S/C26H25N7O7S4.H2O4S/c1-40-31-18(17-12-42-25(27)28-17)21(36)30-19-22(37)33-20(24(38)39)14(9-41-23(19)33)8-32-5-2-3-13(7-32)16-11-44-26(29-16)43-10-15(35)4-6-34;1-5(2,3)4/h2-3,5,7,11-12,19,23,34H,4,6,8-10H2,1H3,(H3-,27,28,30,36,38,39);(H2,1,2,3,4)/b31-18-;. The lowest BCUT2D eigenvalue weighted by Crippen LogP contribution is -2.71. The Morgan fingerprint density at radius 3 is 2.65 bits per heavy atom. The molecule has 3 aromatic rings. The number of hydrogen-bond acceptors (Lipinski definition) is 17. The number of carbonyl (C=O) groups is 4. The van der Waals surface area contributed by atoms with Crippen molar-refractivity contribution in [1.29, 1.82) is 0 Å². The Morgan fingerprint density at radius 2 is 2.02 bits per heavy atom. The first-order valence-corrected chi connectivity index (χ1v) is 18.8. The summed E-state index contributed by atoms with van der Waals surface area (Å²) < 4.78 is 35.4. The zero-order valence-electron chi connectivity index (χ0n) is 25.1. The van der Waals surface area contributed by atoms with E-state index in [0.717, 1.165) is 21.2 Å². The molecule has 0 aliphatic carbocycles. The Bertz CT molecular complexity index is 1900. The fourth-order valence-corrected chi connectivity index (χ4v) is 8.11. The predicted molar refractivity (Wildman–Crippen MR) is 177 cm³/mol. The van der Waals surface area contributed by atoms with Crippen LogP contribution in [0.2, 0.25) is 0 Å². The number of carboxylic acid groups (broad SMARTS) is 1. The Morgan fingerprint density at radius 1 is 1.29 bits per heavy atom. The van der Waals surface area contributed by atoms with Crippen molar-refractivity contribution in [2.75, 3.05) is 31.0 Å². The van der Waals surface area contributed by atoms with Crippen molar-refractivity contribution in [3.8, 4) is 11.3 Å². The summed E-state index contributed by atoms with van der Waals surface area (Å²) in [6.45, 7) is 0.0389. The van der Waals surface area contributed by atoms with Gasteiger partial charge in [-0.15, -0.1) is 34.4 Å². The maximum absolute atomic E-state index is 13.2. The van der Waals surface area contributed by atoms with Gasteiger partial charge < -0.3 is 30.7 Å². The van der Waals surface area contributed by atoms with Gasteiger partial charge in [0.1, 0.15) is 35.7 Å². The number of β-lactam (4-membered cyclic amide) rings is 1. The molecule has 0 saturated carbocycles. The summed E-state index contributed by atoms with van der Waals surface area (Å²) >= 11 is 5.19. The Hall–Kier alpha value is -3.97. The molecule has 2 aliphatic heterocycles. The molecule has 1 saturated heterocycles. The number of aliphatic hydroxyl groups is 1. The molecule has 262 valence electrons. The molecule has 0 aromatic carbocycles. The van der Waals surface area contributed by atoms with Gasteiger partial charge in [-0.25, -0.2) is 27.7 Å². The van der Waals surface area contributed by atoms with Crippen LogP contribution >= 0.6 is 46.2 Å². The second kappa shape index (κ2) is 16.6. The number of thioether (sulfide) groups is 2. The fourth-order valence-electron chi connectivity index (χ4n) is 4.49. The van der Waals surface area contributed by atoms with E-state index >= 15 is 0 Å². The summed E-state index contributed by atoms with van der Waals surface area (Å²) in [4.78, 5) is 64.9. The highest BCUT2D eigenvalue weighted by molar-refractivity contribution is 8.01. The van der Waals surface area contributed by atoms with E-state index in [1.54, 1.807) is 6.20 Å². The summed E-state index contributed by atoms with van der Waals surface area (Å²) in [7, 11) is -3.64. The lowest BCUT2D eigenvalue weighted by atomic mass is 10.0. The smallest absolute Gasteiger partial charge is 0.352 e.